The Balaban J connectivity index is 2.29. The molecule has 2 aromatic heterocycles. The SMILES string of the molecule is COc1ccccc1-c1nc2cc(C)ccn2c1CC(=O)O. The van der Waals surface area contributed by atoms with Gasteiger partial charge in [-0.25, -0.2) is 4.98 Å². The van der Waals surface area contributed by atoms with Gasteiger partial charge in [0.15, 0.2) is 0 Å². The van der Waals surface area contributed by atoms with Crippen molar-refractivity contribution in [3.8, 4) is 17.0 Å². The second-order valence-corrected chi connectivity index (χ2v) is 5.11. The Kier molecular flexibility index (Phi) is 3.55. The Bertz CT molecular complexity index is 852. The van der Waals surface area contributed by atoms with Gasteiger partial charge in [0, 0.05) is 11.8 Å². The van der Waals surface area contributed by atoms with E-state index in [4.69, 9.17) is 4.74 Å². The van der Waals surface area contributed by atoms with Gasteiger partial charge in [0.25, 0.3) is 0 Å². The molecule has 0 aliphatic rings. The number of ether oxygens (including phenoxy) is 1. The van der Waals surface area contributed by atoms with Crippen LogP contribution in [0.4, 0.5) is 0 Å². The van der Waals surface area contributed by atoms with Crippen LogP contribution in [0.3, 0.4) is 0 Å². The molecule has 0 spiro atoms. The van der Waals surface area contributed by atoms with Crippen molar-refractivity contribution in [3.63, 3.8) is 0 Å². The molecule has 0 unspecified atom stereocenters. The number of hydrogen-bond donors (Lipinski definition) is 1. The maximum absolute atomic E-state index is 11.2. The van der Waals surface area contributed by atoms with Crippen LogP contribution in [0.25, 0.3) is 16.9 Å². The van der Waals surface area contributed by atoms with Crippen molar-refractivity contribution in [2.24, 2.45) is 0 Å². The topological polar surface area (TPSA) is 63.8 Å². The number of aromatic nitrogens is 2. The van der Waals surface area contributed by atoms with E-state index in [9.17, 15) is 9.90 Å². The van der Waals surface area contributed by atoms with Gasteiger partial charge in [-0.2, -0.15) is 0 Å². The highest BCUT2D eigenvalue weighted by atomic mass is 16.5. The lowest BCUT2D eigenvalue weighted by atomic mass is 10.1. The van der Waals surface area contributed by atoms with E-state index in [0.29, 0.717) is 17.1 Å². The maximum Gasteiger partial charge on any atom is 0.309 e. The zero-order valence-electron chi connectivity index (χ0n) is 12.4. The number of imidazole rings is 1. The van der Waals surface area contributed by atoms with Crippen molar-refractivity contribution < 1.29 is 14.6 Å². The number of aliphatic carboxylic acids is 1. The summed E-state index contributed by atoms with van der Waals surface area (Å²) in [5.74, 6) is -0.215. The molecule has 0 atom stereocenters. The minimum atomic E-state index is -0.890. The molecule has 0 amide bonds. The standard InChI is InChI=1S/C17H16N2O3/c1-11-7-8-19-13(10-16(20)21)17(18-15(19)9-11)12-5-3-4-6-14(12)22-2/h3-9H,10H2,1-2H3,(H,20,21). The summed E-state index contributed by atoms with van der Waals surface area (Å²) in [5.41, 5.74) is 3.89. The highest BCUT2D eigenvalue weighted by Crippen LogP contribution is 2.32. The van der Waals surface area contributed by atoms with Gasteiger partial charge in [-0.05, 0) is 36.8 Å². The Hall–Kier alpha value is -2.82. The summed E-state index contributed by atoms with van der Waals surface area (Å²) >= 11 is 0. The van der Waals surface area contributed by atoms with E-state index in [1.807, 2.05) is 53.9 Å². The molecule has 3 rings (SSSR count). The zero-order valence-corrected chi connectivity index (χ0v) is 12.4. The average Bonchev–Trinajstić information content (AvgIpc) is 2.84. The molecule has 5 nitrogen and oxygen atoms in total. The van der Waals surface area contributed by atoms with Crippen LogP contribution in [-0.4, -0.2) is 27.6 Å². The number of hydrogen-bond acceptors (Lipinski definition) is 3. The molecular weight excluding hydrogens is 280 g/mol. The van der Waals surface area contributed by atoms with Crippen molar-refractivity contribution in [1.82, 2.24) is 9.38 Å². The van der Waals surface area contributed by atoms with Gasteiger partial charge in [0.2, 0.25) is 0 Å². The normalized spacial score (nSPS) is 10.8. The number of pyridine rings is 1. The second kappa shape index (κ2) is 5.52. The fraction of sp³-hybridized carbons (Fsp3) is 0.176. The summed E-state index contributed by atoms with van der Waals surface area (Å²) < 4.78 is 7.21. The Morgan fingerprint density at radius 1 is 1.32 bits per heavy atom. The summed E-state index contributed by atoms with van der Waals surface area (Å²) in [6.45, 7) is 1.98. The highest BCUT2D eigenvalue weighted by Gasteiger charge is 2.19. The number of nitrogens with zero attached hydrogens (tertiary/aromatic N) is 2. The number of aryl methyl sites for hydroxylation is 1. The van der Waals surface area contributed by atoms with Gasteiger partial charge in [-0.15, -0.1) is 0 Å². The molecule has 0 saturated heterocycles. The van der Waals surface area contributed by atoms with E-state index in [0.717, 1.165) is 16.8 Å². The first-order valence-electron chi connectivity index (χ1n) is 6.93. The molecular formula is C17H16N2O3. The lowest BCUT2D eigenvalue weighted by molar-refractivity contribution is -0.136. The maximum atomic E-state index is 11.2. The van der Waals surface area contributed by atoms with Crippen molar-refractivity contribution in [3.05, 3.63) is 53.9 Å². The van der Waals surface area contributed by atoms with Gasteiger partial charge in [0.1, 0.15) is 11.4 Å². The molecule has 0 aliphatic heterocycles. The van der Waals surface area contributed by atoms with Gasteiger partial charge in [-0.3, -0.25) is 4.79 Å². The molecule has 2 heterocycles. The van der Waals surface area contributed by atoms with E-state index >= 15 is 0 Å². The molecule has 0 aliphatic carbocycles. The van der Waals surface area contributed by atoms with E-state index in [1.54, 1.807) is 7.11 Å². The second-order valence-electron chi connectivity index (χ2n) is 5.11. The van der Waals surface area contributed by atoms with Crippen LogP contribution in [-0.2, 0) is 11.2 Å². The lowest BCUT2D eigenvalue weighted by Crippen LogP contribution is -2.05. The number of rotatable bonds is 4. The first kappa shape index (κ1) is 14.1. The Labute approximate surface area is 127 Å². The van der Waals surface area contributed by atoms with Crippen LogP contribution in [0.15, 0.2) is 42.6 Å². The fourth-order valence-corrected chi connectivity index (χ4v) is 2.57. The van der Waals surface area contributed by atoms with Crippen LogP contribution in [0, 0.1) is 6.92 Å². The predicted octanol–water partition coefficient (Wildman–Crippen LogP) is 2.95. The first-order chi connectivity index (χ1) is 10.6. The third kappa shape index (κ3) is 2.41. The van der Waals surface area contributed by atoms with Crippen LogP contribution in [0.2, 0.25) is 0 Å². The molecule has 112 valence electrons. The number of carboxylic acids is 1. The summed E-state index contributed by atoms with van der Waals surface area (Å²) in [4.78, 5) is 15.9. The molecule has 0 saturated carbocycles. The summed E-state index contributed by atoms with van der Waals surface area (Å²) in [7, 11) is 1.59. The zero-order chi connectivity index (χ0) is 15.7. The van der Waals surface area contributed by atoms with E-state index < -0.39 is 5.97 Å². The molecule has 1 aromatic carbocycles. The molecule has 5 heteroatoms. The van der Waals surface area contributed by atoms with Crippen molar-refractivity contribution >= 4 is 11.6 Å². The highest BCUT2D eigenvalue weighted by molar-refractivity contribution is 5.78. The Morgan fingerprint density at radius 3 is 2.82 bits per heavy atom. The number of benzene rings is 1. The number of methoxy groups -OCH3 is 1. The van der Waals surface area contributed by atoms with E-state index in [-0.39, 0.29) is 6.42 Å². The Morgan fingerprint density at radius 2 is 2.09 bits per heavy atom. The van der Waals surface area contributed by atoms with Gasteiger partial charge >= 0.3 is 5.97 Å². The van der Waals surface area contributed by atoms with Crippen molar-refractivity contribution in [2.75, 3.05) is 7.11 Å². The van der Waals surface area contributed by atoms with E-state index in [2.05, 4.69) is 4.98 Å². The number of carboxylic acid groups (broad SMARTS) is 1. The number of para-hydroxylation sites is 1. The van der Waals surface area contributed by atoms with Crippen LogP contribution in [0.1, 0.15) is 11.3 Å². The molecule has 0 bridgehead atoms. The monoisotopic (exact) mass is 296 g/mol. The smallest absolute Gasteiger partial charge is 0.309 e. The molecule has 0 fully saturated rings. The first-order valence-corrected chi connectivity index (χ1v) is 6.93. The van der Waals surface area contributed by atoms with Crippen LogP contribution >= 0.6 is 0 Å². The largest absolute Gasteiger partial charge is 0.496 e. The van der Waals surface area contributed by atoms with Crippen LogP contribution in [0.5, 0.6) is 5.75 Å². The van der Waals surface area contributed by atoms with Crippen LogP contribution < -0.4 is 4.74 Å². The van der Waals surface area contributed by atoms with E-state index in [1.165, 1.54) is 0 Å². The third-order valence-electron chi connectivity index (χ3n) is 3.56. The average molecular weight is 296 g/mol. The predicted molar refractivity (Wildman–Crippen MR) is 83.3 cm³/mol. The molecule has 1 N–H and O–H groups in total. The van der Waals surface area contributed by atoms with Gasteiger partial charge in [-0.1, -0.05) is 12.1 Å². The number of carbonyl (C=O) groups is 1. The molecule has 3 aromatic rings. The quantitative estimate of drug-likeness (QED) is 0.804. The van der Waals surface area contributed by atoms with Crippen molar-refractivity contribution in [2.45, 2.75) is 13.3 Å². The molecule has 0 radical (unpaired) electrons. The van der Waals surface area contributed by atoms with Crippen molar-refractivity contribution in [1.29, 1.82) is 0 Å². The summed E-state index contributed by atoms with van der Waals surface area (Å²) in [6, 6.07) is 11.4. The number of fused-ring (bicyclic) bond motifs is 1. The minimum Gasteiger partial charge on any atom is -0.496 e. The third-order valence-corrected chi connectivity index (χ3v) is 3.56. The lowest BCUT2D eigenvalue weighted by Gasteiger charge is -2.07. The summed E-state index contributed by atoms with van der Waals surface area (Å²) in [6.07, 6.45) is 1.76. The molecule has 22 heavy (non-hydrogen) atoms. The summed E-state index contributed by atoms with van der Waals surface area (Å²) in [5, 5.41) is 9.22. The van der Waals surface area contributed by atoms with Gasteiger partial charge < -0.3 is 14.2 Å². The minimum absolute atomic E-state index is 0.0996. The van der Waals surface area contributed by atoms with Gasteiger partial charge in [0.05, 0.1) is 24.9 Å². The fourth-order valence-electron chi connectivity index (χ4n) is 2.57.